The number of esters is 1. The Labute approximate surface area is 170 Å². The van der Waals surface area contributed by atoms with Crippen molar-refractivity contribution in [3.05, 3.63) is 17.2 Å². The maximum Gasteiger partial charge on any atom is 0.338 e. The zero-order chi connectivity index (χ0) is 20.8. The Morgan fingerprint density at radius 2 is 1.29 bits per heavy atom. The summed E-state index contributed by atoms with van der Waals surface area (Å²) in [5.41, 5.74) is 1.31. The fraction of sp³-hybridized carbons (Fsp3) is 0.696. The molecule has 1 aromatic rings. The van der Waals surface area contributed by atoms with Crippen LogP contribution in [0.25, 0.3) is 0 Å². The lowest BCUT2D eigenvalue weighted by atomic mass is 9.98. The van der Waals surface area contributed by atoms with Crippen LogP contribution in [0.4, 0.5) is 0 Å². The molecule has 0 bridgehead atoms. The van der Waals surface area contributed by atoms with E-state index in [0.717, 1.165) is 24.8 Å². The third-order valence-electron chi connectivity index (χ3n) is 5.12. The number of carbonyl (C=O) groups excluding carboxylic acids is 1. The number of hydrogen-bond donors (Lipinski definition) is 0. The fourth-order valence-corrected chi connectivity index (χ4v) is 3.55. The Kier molecular flexibility index (Phi) is 12.2. The minimum Gasteiger partial charge on any atom is -0.493 e. The van der Waals surface area contributed by atoms with Gasteiger partial charge < -0.3 is 18.9 Å². The van der Waals surface area contributed by atoms with E-state index in [2.05, 4.69) is 6.92 Å². The standard InChI is InChI=1S/C23H38O5/c1-6-7-8-9-10-11-12-13-14-15-16-18-19(23(24)28-5)17-20(25-2)22(27-4)21(18)26-3/h17H,6-16H2,1-5H3. The second kappa shape index (κ2) is 14.1. The van der Waals surface area contributed by atoms with E-state index >= 15 is 0 Å². The van der Waals surface area contributed by atoms with Crippen molar-refractivity contribution in [1.82, 2.24) is 0 Å². The van der Waals surface area contributed by atoms with Gasteiger partial charge in [0.25, 0.3) is 0 Å². The van der Waals surface area contributed by atoms with Crippen LogP contribution in [0.5, 0.6) is 17.2 Å². The van der Waals surface area contributed by atoms with Crippen LogP contribution in [0.1, 0.15) is 87.1 Å². The third kappa shape index (κ3) is 7.25. The van der Waals surface area contributed by atoms with Crippen molar-refractivity contribution in [3.63, 3.8) is 0 Å². The summed E-state index contributed by atoms with van der Waals surface area (Å²) in [6, 6.07) is 1.68. The molecule has 0 heterocycles. The molecule has 0 spiro atoms. The van der Waals surface area contributed by atoms with Crippen LogP contribution in [0, 0.1) is 0 Å². The van der Waals surface area contributed by atoms with E-state index in [-0.39, 0.29) is 5.97 Å². The summed E-state index contributed by atoms with van der Waals surface area (Å²) in [6.45, 7) is 2.25. The molecule has 1 aromatic carbocycles. The van der Waals surface area contributed by atoms with E-state index in [9.17, 15) is 4.79 Å². The first kappa shape index (κ1) is 24.1. The maximum absolute atomic E-state index is 12.3. The van der Waals surface area contributed by atoms with E-state index < -0.39 is 0 Å². The maximum atomic E-state index is 12.3. The van der Waals surface area contributed by atoms with Crippen molar-refractivity contribution < 1.29 is 23.7 Å². The first-order valence-electron chi connectivity index (χ1n) is 10.5. The quantitative estimate of drug-likeness (QED) is 0.271. The average molecular weight is 395 g/mol. The minimum absolute atomic E-state index is 0.388. The second-order valence-corrected chi connectivity index (χ2v) is 7.09. The topological polar surface area (TPSA) is 54.0 Å². The van der Waals surface area contributed by atoms with Crippen molar-refractivity contribution in [2.45, 2.75) is 77.6 Å². The van der Waals surface area contributed by atoms with Gasteiger partial charge in [0.2, 0.25) is 5.75 Å². The number of ether oxygens (including phenoxy) is 4. The summed E-state index contributed by atoms with van der Waals surface area (Å²) in [5, 5.41) is 0. The van der Waals surface area contributed by atoms with Gasteiger partial charge in [-0.2, -0.15) is 0 Å². The number of rotatable bonds is 15. The highest BCUT2D eigenvalue weighted by Crippen LogP contribution is 2.42. The lowest BCUT2D eigenvalue weighted by Gasteiger charge is -2.18. The summed E-state index contributed by atoms with van der Waals surface area (Å²) >= 11 is 0. The molecule has 28 heavy (non-hydrogen) atoms. The fourth-order valence-electron chi connectivity index (χ4n) is 3.55. The van der Waals surface area contributed by atoms with Gasteiger partial charge in [0.1, 0.15) is 0 Å². The zero-order valence-corrected chi connectivity index (χ0v) is 18.4. The highest BCUT2D eigenvalue weighted by atomic mass is 16.5. The average Bonchev–Trinajstić information content (AvgIpc) is 2.73. The first-order chi connectivity index (χ1) is 13.6. The molecule has 0 atom stereocenters. The molecule has 0 aromatic heterocycles. The Morgan fingerprint density at radius 3 is 1.75 bits per heavy atom. The Balaban J connectivity index is 2.67. The van der Waals surface area contributed by atoms with Crippen LogP contribution >= 0.6 is 0 Å². The second-order valence-electron chi connectivity index (χ2n) is 7.09. The molecule has 0 unspecified atom stereocenters. The number of methoxy groups -OCH3 is 4. The van der Waals surface area contributed by atoms with Crippen molar-refractivity contribution in [2.24, 2.45) is 0 Å². The van der Waals surface area contributed by atoms with Gasteiger partial charge in [0.05, 0.1) is 34.0 Å². The first-order valence-corrected chi connectivity index (χ1v) is 10.5. The van der Waals surface area contributed by atoms with Gasteiger partial charge in [-0.3, -0.25) is 0 Å². The predicted molar refractivity (Wildman–Crippen MR) is 113 cm³/mol. The summed E-state index contributed by atoms with van der Waals surface area (Å²) in [4.78, 5) is 12.3. The van der Waals surface area contributed by atoms with Gasteiger partial charge >= 0.3 is 5.97 Å². The molecule has 0 radical (unpaired) electrons. The highest BCUT2D eigenvalue weighted by molar-refractivity contribution is 5.93. The molecule has 0 amide bonds. The molecular formula is C23H38O5. The SMILES string of the molecule is CCCCCCCCCCCCc1c(C(=O)OC)cc(OC)c(OC)c1OC. The van der Waals surface area contributed by atoms with Crippen LogP contribution in [-0.4, -0.2) is 34.4 Å². The van der Waals surface area contributed by atoms with E-state index in [1.54, 1.807) is 27.4 Å². The van der Waals surface area contributed by atoms with Gasteiger partial charge in [-0.1, -0.05) is 64.7 Å². The molecule has 5 heteroatoms. The van der Waals surface area contributed by atoms with E-state index in [1.807, 2.05) is 0 Å². The molecule has 0 fully saturated rings. The van der Waals surface area contributed by atoms with Crippen LogP contribution in [0.2, 0.25) is 0 Å². The lowest BCUT2D eigenvalue weighted by Crippen LogP contribution is -2.10. The number of benzene rings is 1. The Hall–Kier alpha value is -1.91. The molecule has 0 N–H and O–H groups in total. The third-order valence-corrected chi connectivity index (χ3v) is 5.12. The van der Waals surface area contributed by atoms with Gasteiger partial charge in [0.15, 0.2) is 11.5 Å². The molecule has 1 rings (SSSR count). The molecule has 0 saturated heterocycles. The van der Waals surface area contributed by atoms with Crippen molar-refractivity contribution in [3.8, 4) is 17.2 Å². The number of carbonyl (C=O) groups is 1. The van der Waals surface area contributed by atoms with E-state index in [1.165, 1.54) is 58.5 Å². The smallest absolute Gasteiger partial charge is 0.338 e. The van der Waals surface area contributed by atoms with Crippen LogP contribution in [0.3, 0.4) is 0 Å². The van der Waals surface area contributed by atoms with Gasteiger partial charge in [0, 0.05) is 5.56 Å². The molecule has 160 valence electrons. The molecule has 0 saturated carbocycles. The van der Waals surface area contributed by atoms with Crippen molar-refractivity contribution in [2.75, 3.05) is 28.4 Å². The normalized spacial score (nSPS) is 10.6. The van der Waals surface area contributed by atoms with Crippen LogP contribution in [0.15, 0.2) is 6.07 Å². The van der Waals surface area contributed by atoms with E-state index in [4.69, 9.17) is 18.9 Å². The van der Waals surface area contributed by atoms with Gasteiger partial charge in [-0.05, 0) is 18.9 Å². The van der Waals surface area contributed by atoms with Crippen LogP contribution < -0.4 is 14.2 Å². The van der Waals surface area contributed by atoms with E-state index in [0.29, 0.717) is 22.8 Å². The summed E-state index contributed by atoms with van der Waals surface area (Å²) in [5.74, 6) is 1.14. The largest absolute Gasteiger partial charge is 0.493 e. The van der Waals surface area contributed by atoms with Gasteiger partial charge in [-0.25, -0.2) is 4.79 Å². The summed E-state index contributed by atoms with van der Waals surface area (Å²) < 4.78 is 21.4. The molecular weight excluding hydrogens is 356 g/mol. The number of unbranched alkanes of at least 4 members (excludes halogenated alkanes) is 9. The Morgan fingerprint density at radius 1 is 0.750 bits per heavy atom. The highest BCUT2D eigenvalue weighted by Gasteiger charge is 2.24. The molecule has 5 nitrogen and oxygen atoms in total. The monoisotopic (exact) mass is 394 g/mol. The Bertz CT molecular complexity index is 583. The summed E-state index contributed by atoms with van der Waals surface area (Å²) in [6.07, 6.45) is 13.4. The van der Waals surface area contributed by atoms with Crippen molar-refractivity contribution >= 4 is 5.97 Å². The van der Waals surface area contributed by atoms with Crippen LogP contribution in [-0.2, 0) is 11.2 Å². The predicted octanol–water partition coefficient (Wildman–Crippen LogP) is 5.96. The minimum atomic E-state index is -0.388. The molecule has 0 aliphatic carbocycles. The zero-order valence-electron chi connectivity index (χ0n) is 18.4. The molecule has 0 aliphatic rings. The number of hydrogen-bond acceptors (Lipinski definition) is 5. The summed E-state index contributed by atoms with van der Waals surface area (Å²) in [7, 11) is 6.08. The van der Waals surface area contributed by atoms with Crippen molar-refractivity contribution in [1.29, 1.82) is 0 Å². The lowest BCUT2D eigenvalue weighted by molar-refractivity contribution is 0.0598. The van der Waals surface area contributed by atoms with Gasteiger partial charge in [-0.15, -0.1) is 0 Å². The molecule has 0 aliphatic heterocycles.